The molecular weight excluding hydrogens is 116 g/mol. The fraction of sp³-hybridized carbons (Fsp3) is 0.714. The summed E-state index contributed by atoms with van der Waals surface area (Å²) in [6.45, 7) is 0. The molecule has 1 N–H and O–H groups in total. The molecule has 1 aliphatic rings. The Morgan fingerprint density at radius 2 is 2.33 bits per heavy atom. The Bertz CT molecular complexity index is 118. The van der Waals surface area contributed by atoms with Gasteiger partial charge in [-0.3, -0.25) is 5.11 Å². The molecule has 1 radical (unpaired) electrons. The predicted octanol–water partition coefficient (Wildman–Crippen LogP) is 1.24. The van der Waals surface area contributed by atoms with Gasteiger partial charge in [0.15, 0.2) is 5.76 Å². The summed E-state index contributed by atoms with van der Waals surface area (Å²) in [5.74, 6) is 0.0972. The molecule has 0 amide bonds. The van der Waals surface area contributed by atoms with E-state index in [9.17, 15) is 5.11 Å². The fourth-order valence-corrected chi connectivity index (χ4v) is 1.03. The molecule has 0 saturated heterocycles. The van der Waals surface area contributed by atoms with Gasteiger partial charge in [-0.25, -0.2) is 0 Å². The molecule has 51 valence electrons. The van der Waals surface area contributed by atoms with Crippen molar-refractivity contribution in [2.24, 2.45) is 0 Å². The lowest BCUT2D eigenvalue weighted by Crippen LogP contribution is -1.99. The van der Waals surface area contributed by atoms with Crippen LogP contribution in [0, 0.1) is 0 Å². The Hall–Kier alpha value is -0.500. The second-order valence-electron chi connectivity index (χ2n) is 2.45. The first kappa shape index (κ1) is 6.62. The first-order chi connectivity index (χ1) is 4.29. The zero-order valence-electron chi connectivity index (χ0n) is 5.34. The number of aliphatic hydroxyl groups excluding tert-OH is 1. The first-order valence-corrected chi connectivity index (χ1v) is 3.35. The van der Waals surface area contributed by atoms with Crippen molar-refractivity contribution >= 4 is 0 Å². The van der Waals surface area contributed by atoms with Crippen LogP contribution in [0.5, 0.6) is 0 Å². The van der Waals surface area contributed by atoms with Crippen LogP contribution in [-0.2, 0) is 5.11 Å². The topological polar surface area (TPSA) is 40.1 Å². The standard InChI is InChI=1S/C7H11O2/c8-6-3-1-2-4-7(9)5-6/h5-6,8H,1-4H2. The molecule has 0 aromatic carbocycles. The highest BCUT2D eigenvalue weighted by molar-refractivity contribution is 4.97. The highest BCUT2D eigenvalue weighted by atomic mass is 16.3. The molecule has 9 heavy (non-hydrogen) atoms. The van der Waals surface area contributed by atoms with Gasteiger partial charge in [-0.15, -0.1) is 0 Å². The molecule has 0 saturated carbocycles. The van der Waals surface area contributed by atoms with Gasteiger partial charge >= 0.3 is 0 Å². The molecule has 2 heteroatoms. The number of hydrogen-bond acceptors (Lipinski definition) is 1. The Kier molecular flexibility index (Phi) is 2.11. The molecular formula is C7H11O2. The molecule has 0 spiro atoms. The molecule has 2 nitrogen and oxygen atoms in total. The van der Waals surface area contributed by atoms with Crippen molar-refractivity contribution in [3.63, 3.8) is 0 Å². The number of allylic oxidation sites excluding steroid dienone is 1. The summed E-state index contributed by atoms with van der Waals surface area (Å²) in [6, 6.07) is 0. The molecule has 0 heterocycles. The number of aliphatic hydroxyl groups is 1. The van der Waals surface area contributed by atoms with Crippen LogP contribution in [0.15, 0.2) is 11.8 Å². The minimum atomic E-state index is -0.472. The van der Waals surface area contributed by atoms with Gasteiger partial charge in [0.2, 0.25) is 0 Å². The second kappa shape index (κ2) is 2.87. The Balaban J connectivity index is 2.49. The Morgan fingerprint density at radius 1 is 1.56 bits per heavy atom. The summed E-state index contributed by atoms with van der Waals surface area (Å²) in [5.41, 5.74) is 0. The van der Waals surface area contributed by atoms with E-state index in [2.05, 4.69) is 0 Å². The van der Waals surface area contributed by atoms with E-state index in [-0.39, 0.29) is 5.76 Å². The molecule has 1 unspecified atom stereocenters. The van der Waals surface area contributed by atoms with Crippen molar-refractivity contribution < 1.29 is 10.2 Å². The summed E-state index contributed by atoms with van der Waals surface area (Å²) in [5, 5.41) is 19.7. The summed E-state index contributed by atoms with van der Waals surface area (Å²) >= 11 is 0. The van der Waals surface area contributed by atoms with E-state index >= 15 is 0 Å². The lowest BCUT2D eigenvalue weighted by atomic mass is 10.2. The lowest BCUT2D eigenvalue weighted by molar-refractivity contribution is 0.204. The molecule has 1 aliphatic carbocycles. The highest BCUT2D eigenvalue weighted by Crippen LogP contribution is 2.15. The van der Waals surface area contributed by atoms with Crippen LogP contribution in [-0.4, -0.2) is 11.2 Å². The Labute approximate surface area is 54.8 Å². The maximum Gasteiger partial charge on any atom is 0.154 e. The van der Waals surface area contributed by atoms with Crippen LogP contribution in [0.2, 0.25) is 0 Å². The minimum absolute atomic E-state index is 0.0972. The molecule has 0 aromatic heterocycles. The fourth-order valence-electron chi connectivity index (χ4n) is 1.03. The van der Waals surface area contributed by atoms with Crippen LogP contribution in [0.25, 0.3) is 0 Å². The maximum atomic E-state index is 10.7. The van der Waals surface area contributed by atoms with Gasteiger partial charge in [-0.1, -0.05) is 6.42 Å². The summed E-state index contributed by atoms with van der Waals surface area (Å²) in [7, 11) is 0. The molecule has 0 aromatic rings. The normalized spacial score (nSPS) is 29.0. The summed E-state index contributed by atoms with van der Waals surface area (Å²) < 4.78 is 0. The van der Waals surface area contributed by atoms with Gasteiger partial charge in [-0.05, 0) is 18.9 Å². The Morgan fingerprint density at radius 3 is 3.11 bits per heavy atom. The summed E-state index contributed by atoms with van der Waals surface area (Å²) in [4.78, 5) is 0. The van der Waals surface area contributed by atoms with Gasteiger partial charge in [0.25, 0.3) is 0 Å². The third-order valence-electron chi connectivity index (χ3n) is 1.55. The largest absolute Gasteiger partial charge is 0.389 e. The van der Waals surface area contributed by atoms with Crippen LogP contribution in [0.4, 0.5) is 0 Å². The number of rotatable bonds is 0. The van der Waals surface area contributed by atoms with Gasteiger partial charge < -0.3 is 5.11 Å². The zero-order valence-corrected chi connectivity index (χ0v) is 5.34. The lowest BCUT2D eigenvalue weighted by Gasteiger charge is -1.97. The quantitative estimate of drug-likeness (QED) is 0.522. The molecule has 1 atom stereocenters. The molecule has 0 fully saturated rings. The van der Waals surface area contributed by atoms with E-state index in [0.717, 1.165) is 19.3 Å². The minimum Gasteiger partial charge on any atom is -0.389 e. The SMILES string of the molecule is [O]C1=CC(O)CCCC1. The van der Waals surface area contributed by atoms with E-state index in [1.54, 1.807) is 0 Å². The van der Waals surface area contributed by atoms with Gasteiger partial charge in [0.1, 0.15) is 0 Å². The first-order valence-electron chi connectivity index (χ1n) is 3.35. The van der Waals surface area contributed by atoms with Gasteiger partial charge in [0.05, 0.1) is 6.10 Å². The van der Waals surface area contributed by atoms with E-state index < -0.39 is 6.10 Å². The van der Waals surface area contributed by atoms with E-state index in [0.29, 0.717) is 6.42 Å². The van der Waals surface area contributed by atoms with E-state index in [1.807, 2.05) is 0 Å². The maximum absolute atomic E-state index is 10.7. The monoisotopic (exact) mass is 127 g/mol. The zero-order chi connectivity index (χ0) is 6.69. The van der Waals surface area contributed by atoms with E-state index in [1.165, 1.54) is 6.08 Å². The molecule has 1 rings (SSSR count). The third kappa shape index (κ3) is 2.06. The van der Waals surface area contributed by atoms with E-state index in [4.69, 9.17) is 5.11 Å². The van der Waals surface area contributed by atoms with Crippen molar-refractivity contribution in [1.29, 1.82) is 0 Å². The van der Waals surface area contributed by atoms with Crippen molar-refractivity contribution in [3.8, 4) is 0 Å². The van der Waals surface area contributed by atoms with Crippen molar-refractivity contribution in [3.05, 3.63) is 11.8 Å². The van der Waals surface area contributed by atoms with Gasteiger partial charge in [0, 0.05) is 6.42 Å². The molecule has 0 aliphatic heterocycles. The predicted molar refractivity (Wildman–Crippen MR) is 33.2 cm³/mol. The van der Waals surface area contributed by atoms with Crippen LogP contribution < -0.4 is 0 Å². The van der Waals surface area contributed by atoms with Crippen LogP contribution in [0.3, 0.4) is 0 Å². The molecule has 0 bridgehead atoms. The average molecular weight is 127 g/mol. The number of hydrogen-bond donors (Lipinski definition) is 1. The van der Waals surface area contributed by atoms with Crippen molar-refractivity contribution in [2.75, 3.05) is 0 Å². The average Bonchev–Trinajstić information content (AvgIpc) is 1.93. The van der Waals surface area contributed by atoms with Crippen molar-refractivity contribution in [2.45, 2.75) is 31.8 Å². The highest BCUT2D eigenvalue weighted by Gasteiger charge is 2.08. The second-order valence-corrected chi connectivity index (χ2v) is 2.45. The summed E-state index contributed by atoms with van der Waals surface area (Å²) in [6.07, 6.45) is 4.24. The van der Waals surface area contributed by atoms with Crippen molar-refractivity contribution in [1.82, 2.24) is 0 Å². The van der Waals surface area contributed by atoms with Crippen LogP contribution in [0.1, 0.15) is 25.7 Å². The van der Waals surface area contributed by atoms with Gasteiger partial charge in [-0.2, -0.15) is 0 Å². The third-order valence-corrected chi connectivity index (χ3v) is 1.55. The van der Waals surface area contributed by atoms with Crippen LogP contribution >= 0.6 is 0 Å². The smallest absolute Gasteiger partial charge is 0.154 e.